The second-order valence-corrected chi connectivity index (χ2v) is 7.06. The molecular formula is C23H20NO3S. The second kappa shape index (κ2) is 9.76. The fraction of sp³-hybridized carbons (Fsp3) is 0.130. The summed E-state index contributed by atoms with van der Waals surface area (Å²) in [5.41, 5.74) is 2.51. The molecule has 3 aromatic carbocycles. The summed E-state index contributed by atoms with van der Waals surface area (Å²) in [6, 6.07) is 27.0. The van der Waals surface area contributed by atoms with Crippen LogP contribution in [0.3, 0.4) is 0 Å². The molecule has 0 spiro atoms. The maximum atomic E-state index is 12.4. The Morgan fingerprint density at radius 2 is 1.71 bits per heavy atom. The van der Waals surface area contributed by atoms with Gasteiger partial charge in [-0.3, -0.25) is 4.79 Å². The van der Waals surface area contributed by atoms with E-state index in [1.807, 2.05) is 54.6 Å². The van der Waals surface area contributed by atoms with Crippen molar-refractivity contribution in [2.45, 2.75) is 10.9 Å². The standard InChI is InChI=1S/C23H20NO3S/c1-27-23(26)20(24-22(25)18-12-6-3-7-13-18)16-28-21-15-9-8-14-19(21)17-10-4-2-5-11-17/h2-10,12-15,20H,16H2,1H3,(H,24,25)/t20-/m0/s1. The quantitative estimate of drug-likeness (QED) is 0.485. The zero-order chi connectivity index (χ0) is 19.8. The van der Waals surface area contributed by atoms with Gasteiger partial charge in [-0.05, 0) is 35.4 Å². The zero-order valence-electron chi connectivity index (χ0n) is 15.4. The first-order chi connectivity index (χ1) is 13.7. The van der Waals surface area contributed by atoms with Gasteiger partial charge in [0.05, 0.1) is 7.11 Å². The molecule has 0 aliphatic carbocycles. The van der Waals surface area contributed by atoms with Gasteiger partial charge in [0.1, 0.15) is 6.04 Å². The van der Waals surface area contributed by atoms with E-state index in [0.717, 1.165) is 16.0 Å². The van der Waals surface area contributed by atoms with E-state index in [1.165, 1.54) is 18.9 Å². The summed E-state index contributed by atoms with van der Waals surface area (Å²) in [5, 5.41) is 2.77. The molecule has 3 rings (SSSR count). The van der Waals surface area contributed by atoms with Crippen molar-refractivity contribution in [1.82, 2.24) is 5.32 Å². The van der Waals surface area contributed by atoms with Crippen LogP contribution in [-0.2, 0) is 9.53 Å². The fourth-order valence-electron chi connectivity index (χ4n) is 2.69. The van der Waals surface area contributed by atoms with Crippen molar-refractivity contribution in [3.63, 3.8) is 0 Å². The van der Waals surface area contributed by atoms with Crippen LogP contribution in [0.25, 0.3) is 11.1 Å². The zero-order valence-corrected chi connectivity index (χ0v) is 16.2. The Bertz CT molecular complexity index is 929. The molecule has 0 aliphatic heterocycles. The van der Waals surface area contributed by atoms with Crippen molar-refractivity contribution < 1.29 is 14.3 Å². The number of methoxy groups -OCH3 is 1. The van der Waals surface area contributed by atoms with Gasteiger partial charge in [0.2, 0.25) is 0 Å². The van der Waals surface area contributed by atoms with Crippen LogP contribution < -0.4 is 5.32 Å². The van der Waals surface area contributed by atoms with E-state index in [0.29, 0.717) is 11.3 Å². The maximum absolute atomic E-state index is 12.4. The van der Waals surface area contributed by atoms with Gasteiger partial charge in [0, 0.05) is 16.2 Å². The van der Waals surface area contributed by atoms with E-state index in [2.05, 4.69) is 11.4 Å². The Hall–Kier alpha value is -3.05. The van der Waals surface area contributed by atoms with Crippen LogP contribution in [-0.4, -0.2) is 30.8 Å². The molecule has 0 saturated heterocycles. The normalized spacial score (nSPS) is 11.5. The molecular weight excluding hydrogens is 370 g/mol. The van der Waals surface area contributed by atoms with Crippen molar-refractivity contribution in [3.05, 3.63) is 90.5 Å². The lowest BCUT2D eigenvalue weighted by Gasteiger charge is -2.17. The van der Waals surface area contributed by atoms with E-state index in [-0.39, 0.29) is 5.91 Å². The number of amides is 1. The van der Waals surface area contributed by atoms with E-state index in [4.69, 9.17) is 4.74 Å². The van der Waals surface area contributed by atoms with Gasteiger partial charge in [-0.15, -0.1) is 11.8 Å². The number of esters is 1. The molecule has 1 atom stereocenters. The third-order valence-electron chi connectivity index (χ3n) is 4.12. The third kappa shape index (κ3) is 5.02. The van der Waals surface area contributed by atoms with Gasteiger partial charge in [-0.2, -0.15) is 0 Å². The van der Waals surface area contributed by atoms with Gasteiger partial charge in [0.15, 0.2) is 0 Å². The summed E-state index contributed by atoms with van der Waals surface area (Å²) in [6.07, 6.45) is 0. The number of carbonyl (C=O) groups excluding carboxylic acids is 2. The highest BCUT2D eigenvalue weighted by Crippen LogP contribution is 2.31. The smallest absolute Gasteiger partial charge is 0.329 e. The summed E-state index contributed by atoms with van der Waals surface area (Å²) in [4.78, 5) is 25.6. The van der Waals surface area contributed by atoms with E-state index in [1.54, 1.807) is 24.3 Å². The summed E-state index contributed by atoms with van der Waals surface area (Å²) < 4.78 is 4.88. The highest BCUT2D eigenvalue weighted by Gasteiger charge is 2.23. The Morgan fingerprint density at radius 3 is 2.43 bits per heavy atom. The minimum absolute atomic E-state index is 0.304. The van der Waals surface area contributed by atoms with E-state index >= 15 is 0 Å². The number of rotatable bonds is 7. The predicted molar refractivity (Wildman–Crippen MR) is 111 cm³/mol. The van der Waals surface area contributed by atoms with Crippen molar-refractivity contribution >= 4 is 23.6 Å². The lowest BCUT2D eigenvalue weighted by Crippen LogP contribution is -2.43. The van der Waals surface area contributed by atoms with Crippen molar-refractivity contribution in [2.75, 3.05) is 12.9 Å². The monoisotopic (exact) mass is 390 g/mol. The molecule has 1 radical (unpaired) electrons. The molecule has 0 fully saturated rings. The summed E-state index contributed by atoms with van der Waals surface area (Å²) in [7, 11) is 1.32. The van der Waals surface area contributed by atoms with Crippen molar-refractivity contribution in [2.24, 2.45) is 0 Å². The molecule has 1 N–H and O–H groups in total. The highest BCUT2D eigenvalue weighted by molar-refractivity contribution is 7.99. The van der Waals surface area contributed by atoms with Crippen LogP contribution >= 0.6 is 11.8 Å². The van der Waals surface area contributed by atoms with Crippen LogP contribution in [0.15, 0.2) is 83.8 Å². The lowest BCUT2D eigenvalue weighted by molar-refractivity contribution is -0.142. The van der Waals surface area contributed by atoms with Gasteiger partial charge in [-0.1, -0.05) is 60.7 Å². The van der Waals surface area contributed by atoms with Crippen molar-refractivity contribution in [3.8, 4) is 11.1 Å². The number of hydrogen-bond donors (Lipinski definition) is 1. The first-order valence-electron chi connectivity index (χ1n) is 8.81. The molecule has 0 unspecified atom stereocenters. The molecule has 28 heavy (non-hydrogen) atoms. The van der Waals surface area contributed by atoms with Crippen LogP contribution in [0.5, 0.6) is 0 Å². The summed E-state index contributed by atoms with van der Waals surface area (Å²) in [5.74, 6) is -0.420. The largest absolute Gasteiger partial charge is 0.467 e. The minimum atomic E-state index is -0.754. The highest BCUT2D eigenvalue weighted by atomic mass is 32.2. The third-order valence-corrected chi connectivity index (χ3v) is 5.29. The maximum Gasteiger partial charge on any atom is 0.329 e. The van der Waals surface area contributed by atoms with Crippen LogP contribution in [0, 0.1) is 6.07 Å². The minimum Gasteiger partial charge on any atom is -0.467 e. The molecule has 0 aliphatic rings. The average molecular weight is 390 g/mol. The topological polar surface area (TPSA) is 55.4 Å². The SMILES string of the molecule is COC(=O)[C@H](CSc1ccccc1-c1[c]cccc1)NC(=O)c1ccccc1. The number of hydrogen-bond acceptors (Lipinski definition) is 4. The van der Waals surface area contributed by atoms with Crippen LogP contribution in [0.2, 0.25) is 0 Å². The molecule has 3 aromatic rings. The van der Waals surface area contributed by atoms with Crippen LogP contribution in [0.1, 0.15) is 10.4 Å². The molecule has 0 saturated carbocycles. The molecule has 4 nitrogen and oxygen atoms in total. The molecule has 141 valence electrons. The Labute approximate surface area is 168 Å². The predicted octanol–water partition coefficient (Wildman–Crippen LogP) is 4.22. The Morgan fingerprint density at radius 1 is 1.00 bits per heavy atom. The van der Waals surface area contributed by atoms with Gasteiger partial charge in [-0.25, -0.2) is 4.79 Å². The lowest BCUT2D eigenvalue weighted by atomic mass is 10.1. The number of ether oxygens (including phenoxy) is 1. The Balaban J connectivity index is 1.75. The first-order valence-corrected chi connectivity index (χ1v) is 9.80. The van der Waals surface area contributed by atoms with Crippen LogP contribution in [0.4, 0.5) is 0 Å². The second-order valence-electron chi connectivity index (χ2n) is 6.00. The average Bonchev–Trinajstić information content (AvgIpc) is 2.77. The van der Waals surface area contributed by atoms with E-state index in [9.17, 15) is 9.59 Å². The summed E-state index contributed by atoms with van der Waals surface area (Å²) >= 11 is 1.50. The number of benzene rings is 3. The van der Waals surface area contributed by atoms with Gasteiger partial charge >= 0.3 is 5.97 Å². The van der Waals surface area contributed by atoms with Gasteiger partial charge < -0.3 is 10.1 Å². The van der Waals surface area contributed by atoms with Gasteiger partial charge in [0.25, 0.3) is 5.91 Å². The molecule has 0 heterocycles. The fourth-order valence-corrected chi connectivity index (χ4v) is 3.76. The number of nitrogens with one attached hydrogen (secondary N) is 1. The number of thioether (sulfide) groups is 1. The first kappa shape index (κ1) is 19.7. The van der Waals surface area contributed by atoms with Crippen molar-refractivity contribution in [1.29, 1.82) is 0 Å². The summed E-state index contributed by atoms with van der Waals surface area (Å²) in [6.45, 7) is 0. The molecule has 0 aromatic heterocycles. The molecule has 1 amide bonds. The Kier molecular flexibility index (Phi) is 6.87. The number of carbonyl (C=O) groups is 2. The van der Waals surface area contributed by atoms with E-state index < -0.39 is 12.0 Å². The molecule has 0 bridgehead atoms. The molecule has 5 heteroatoms.